The molecule has 0 spiro atoms. The summed E-state index contributed by atoms with van der Waals surface area (Å²) in [5.74, 6) is -1.90. The number of non-ortho nitro benzene ring substituents is 1. The second kappa shape index (κ2) is 7.08. The van der Waals surface area contributed by atoms with Crippen molar-refractivity contribution in [2.45, 2.75) is 0 Å². The summed E-state index contributed by atoms with van der Waals surface area (Å²) in [6, 6.07) is 9.47. The summed E-state index contributed by atoms with van der Waals surface area (Å²) >= 11 is 11.7. The van der Waals surface area contributed by atoms with E-state index in [0.717, 1.165) is 0 Å². The number of nitro groups is 1. The number of anilines is 2. The van der Waals surface area contributed by atoms with Gasteiger partial charge in [0.1, 0.15) is 0 Å². The maximum absolute atomic E-state index is 11.8. The van der Waals surface area contributed by atoms with Crippen molar-refractivity contribution in [3.63, 3.8) is 0 Å². The minimum Gasteiger partial charge on any atom is -0.318 e. The van der Waals surface area contributed by atoms with E-state index in [4.69, 9.17) is 23.2 Å². The lowest BCUT2D eigenvalue weighted by Gasteiger charge is -2.08. The van der Waals surface area contributed by atoms with Crippen LogP contribution >= 0.6 is 23.2 Å². The molecule has 0 aromatic heterocycles. The van der Waals surface area contributed by atoms with Gasteiger partial charge in [-0.1, -0.05) is 23.2 Å². The molecule has 7 nitrogen and oxygen atoms in total. The number of carbonyl (C=O) groups excluding carboxylic acids is 2. The van der Waals surface area contributed by atoms with Crippen LogP contribution in [0, 0.1) is 10.1 Å². The van der Waals surface area contributed by atoms with Gasteiger partial charge in [-0.05, 0) is 30.3 Å². The minimum absolute atomic E-state index is 0.127. The van der Waals surface area contributed by atoms with E-state index in [0.29, 0.717) is 5.02 Å². The van der Waals surface area contributed by atoms with Crippen LogP contribution in [0.4, 0.5) is 17.1 Å². The predicted octanol–water partition coefficient (Wildman–Crippen LogP) is 3.48. The SMILES string of the molecule is O=C(Nc1ccc([N+](=O)[O-])cc1)C(=O)Nc1cc(Cl)ccc1Cl. The number of carbonyl (C=O) groups is 2. The molecule has 2 N–H and O–H groups in total. The van der Waals surface area contributed by atoms with Gasteiger partial charge < -0.3 is 10.6 Å². The summed E-state index contributed by atoms with van der Waals surface area (Å²) in [7, 11) is 0. The molecular formula is C14H9Cl2N3O4. The van der Waals surface area contributed by atoms with Gasteiger partial charge in [-0.2, -0.15) is 0 Å². The van der Waals surface area contributed by atoms with Crippen LogP contribution in [0.5, 0.6) is 0 Å². The Morgan fingerprint density at radius 3 is 2.17 bits per heavy atom. The van der Waals surface area contributed by atoms with Gasteiger partial charge in [-0.3, -0.25) is 19.7 Å². The van der Waals surface area contributed by atoms with Crippen molar-refractivity contribution < 1.29 is 14.5 Å². The Hall–Kier alpha value is -2.64. The first-order valence-corrected chi connectivity index (χ1v) is 6.94. The Morgan fingerprint density at radius 2 is 1.57 bits per heavy atom. The van der Waals surface area contributed by atoms with Crippen LogP contribution in [0.3, 0.4) is 0 Å². The molecule has 0 unspecified atom stereocenters. The molecule has 0 aliphatic rings. The first-order valence-electron chi connectivity index (χ1n) is 6.18. The second-order valence-corrected chi connectivity index (χ2v) is 5.18. The molecule has 0 heterocycles. The number of nitro benzene ring substituents is 1. The monoisotopic (exact) mass is 353 g/mol. The van der Waals surface area contributed by atoms with Crippen molar-refractivity contribution in [3.8, 4) is 0 Å². The topological polar surface area (TPSA) is 101 Å². The van der Waals surface area contributed by atoms with E-state index in [1.54, 1.807) is 0 Å². The number of nitrogens with zero attached hydrogens (tertiary/aromatic N) is 1. The number of rotatable bonds is 3. The minimum atomic E-state index is -0.951. The molecule has 2 amide bonds. The molecule has 0 fully saturated rings. The number of benzene rings is 2. The van der Waals surface area contributed by atoms with Crippen molar-refractivity contribution >= 4 is 52.1 Å². The zero-order chi connectivity index (χ0) is 17.0. The van der Waals surface area contributed by atoms with E-state index < -0.39 is 16.7 Å². The number of hydrogen-bond donors (Lipinski definition) is 2. The summed E-state index contributed by atoms with van der Waals surface area (Å²) in [5, 5.41) is 15.7. The molecule has 23 heavy (non-hydrogen) atoms. The molecular weight excluding hydrogens is 345 g/mol. The Labute approximate surface area is 140 Å². The van der Waals surface area contributed by atoms with E-state index in [1.807, 2.05) is 0 Å². The standard InChI is InChI=1S/C14H9Cl2N3O4/c15-8-1-6-11(16)12(7-8)18-14(21)13(20)17-9-2-4-10(5-3-9)19(22)23/h1-7H,(H,17,20)(H,18,21). The average Bonchev–Trinajstić information content (AvgIpc) is 2.51. The van der Waals surface area contributed by atoms with Gasteiger partial charge in [0.15, 0.2) is 0 Å². The van der Waals surface area contributed by atoms with Crippen LogP contribution in [0.2, 0.25) is 10.0 Å². The highest BCUT2D eigenvalue weighted by atomic mass is 35.5. The Kier molecular flexibility index (Phi) is 5.15. The molecule has 0 saturated carbocycles. The van der Waals surface area contributed by atoms with Gasteiger partial charge in [0.25, 0.3) is 5.69 Å². The molecule has 0 radical (unpaired) electrons. The summed E-state index contributed by atoms with van der Waals surface area (Å²) in [6.07, 6.45) is 0. The van der Waals surface area contributed by atoms with Gasteiger partial charge in [0.05, 0.1) is 15.6 Å². The van der Waals surface area contributed by atoms with Gasteiger partial charge in [0.2, 0.25) is 0 Å². The van der Waals surface area contributed by atoms with Gasteiger partial charge in [-0.15, -0.1) is 0 Å². The molecule has 2 rings (SSSR count). The van der Waals surface area contributed by atoms with Crippen molar-refractivity contribution in [1.82, 2.24) is 0 Å². The van der Waals surface area contributed by atoms with E-state index in [9.17, 15) is 19.7 Å². The number of amides is 2. The van der Waals surface area contributed by atoms with Crippen molar-refractivity contribution in [3.05, 3.63) is 62.6 Å². The van der Waals surface area contributed by atoms with E-state index in [2.05, 4.69) is 10.6 Å². The smallest absolute Gasteiger partial charge is 0.314 e. The number of halogens is 2. The molecule has 118 valence electrons. The van der Waals surface area contributed by atoms with Crippen LogP contribution < -0.4 is 10.6 Å². The van der Waals surface area contributed by atoms with Crippen molar-refractivity contribution in [2.75, 3.05) is 10.6 Å². The fraction of sp³-hybridized carbons (Fsp3) is 0. The molecule has 2 aromatic carbocycles. The zero-order valence-electron chi connectivity index (χ0n) is 11.4. The Bertz CT molecular complexity index is 778. The largest absolute Gasteiger partial charge is 0.318 e. The lowest BCUT2D eigenvalue weighted by atomic mass is 10.3. The fourth-order valence-electron chi connectivity index (χ4n) is 1.63. The molecule has 0 aliphatic carbocycles. The lowest BCUT2D eigenvalue weighted by Crippen LogP contribution is -2.29. The predicted molar refractivity (Wildman–Crippen MR) is 86.8 cm³/mol. The van der Waals surface area contributed by atoms with E-state index >= 15 is 0 Å². The Morgan fingerprint density at radius 1 is 0.957 bits per heavy atom. The number of hydrogen-bond acceptors (Lipinski definition) is 4. The van der Waals surface area contributed by atoms with Crippen molar-refractivity contribution in [1.29, 1.82) is 0 Å². The van der Waals surface area contributed by atoms with E-state index in [-0.39, 0.29) is 22.1 Å². The number of nitrogens with one attached hydrogen (secondary N) is 2. The second-order valence-electron chi connectivity index (χ2n) is 4.34. The fourth-order valence-corrected chi connectivity index (χ4v) is 1.96. The molecule has 0 atom stereocenters. The van der Waals surface area contributed by atoms with Crippen LogP contribution in [0.15, 0.2) is 42.5 Å². The third-order valence-corrected chi connectivity index (χ3v) is 3.28. The third kappa shape index (κ3) is 4.41. The van der Waals surface area contributed by atoms with Crippen LogP contribution in [-0.2, 0) is 9.59 Å². The quantitative estimate of drug-likeness (QED) is 0.500. The molecule has 9 heteroatoms. The first kappa shape index (κ1) is 16.7. The zero-order valence-corrected chi connectivity index (χ0v) is 12.9. The normalized spacial score (nSPS) is 10.0. The van der Waals surface area contributed by atoms with Gasteiger partial charge >= 0.3 is 11.8 Å². The van der Waals surface area contributed by atoms with Gasteiger partial charge in [-0.25, -0.2) is 0 Å². The van der Waals surface area contributed by atoms with Crippen LogP contribution in [0.25, 0.3) is 0 Å². The third-order valence-electron chi connectivity index (χ3n) is 2.72. The maximum Gasteiger partial charge on any atom is 0.314 e. The van der Waals surface area contributed by atoms with E-state index in [1.165, 1.54) is 42.5 Å². The summed E-state index contributed by atoms with van der Waals surface area (Å²) in [5.41, 5.74) is 0.314. The highest BCUT2D eigenvalue weighted by molar-refractivity contribution is 6.45. The first-order chi connectivity index (χ1) is 10.9. The van der Waals surface area contributed by atoms with Gasteiger partial charge in [0, 0.05) is 22.8 Å². The maximum atomic E-state index is 11.8. The molecule has 0 bridgehead atoms. The molecule has 0 saturated heterocycles. The van der Waals surface area contributed by atoms with Crippen LogP contribution in [-0.4, -0.2) is 16.7 Å². The molecule has 2 aromatic rings. The van der Waals surface area contributed by atoms with Crippen LogP contribution in [0.1, 0.15) is 0 Å². The Balaban J connectivity index is 2.03. The highest BCUT2D eigenvalue weighted by Gasteiger charge is 2.16. The summed E-state index contributed by atoms with van der Waals surface area (Å²) < 4.78 is 0. The lowest BCUT2D eigenvalue weighted by molar-refractivity contribution is -0.384. The summed E-state index contributed by atoms with van der Waals surface area (Å²) in [4.78, 5) is 33.6. The molecule has 0 aliphatic heterocycles. The van der Waals surface area contributed by atoms with Crippen molar-refractivity contribution in [2.24, 2.45) is 0 Å². The average molecular weight is 354 g/mol. The summed E-state index contributed by atoms with van der Waals surface area (Å²) in [6.45, 7) is 0. The highest BCUT2D eigenvalue weighted by Crippen LogP contribution is 2.25.